The second-order valence-corrected chi connectivity index (χ2v) is 10.0. The van der Waals surface area contributed by atoms with E-state index in [1.807, 2.05) is 24.3 Å². The average Bonchev–Trinajstić information content (AvgIpc) is 2.68. The Balaban J connectivity index is 1.89. The maximum absolute atomic E-state index is 11.9. The zero-order valence-electron chi connectivity index (χ0n) is 16.3. The highest BCUT2D eigenvalue weighted by Crippen LogP contribution is 2.37. The van der Waals surface area contributed by atoms with Crippen molar-refractivity contribution in [3.63, 3.8) is 0 Å². The van der Waals surface area contributed by atoms with E-state index in [2.05, 4.69) is 4.90 Å². The van der Waals surface area contributed by atoms with Crippen molar-refractivity contribution >= 4 is 50.9 Å². The molecule has 0 saturated carbocycles. The van der Waals surface area contributed by atoms with Gasteiger partial charge in [0.1, 0.15) is 0 Å². The van der Waals surface area contributed by atoms with Gasteiger partial charge in [0.15, 0.2) is 5.78 Å². The van der Waals surface area contributed by atoms with E-state index in [0.717, 1.165) is 24.1 Å². The van der Waals surface area contributed by atoms with Gasteiger partial charge < -0.3 is 15.9 Å². The van der Waals surface area contributed by atoms with Gasteiger partial charge in [0.2, 0.25) is 0 Å². The lowest BCUT2D eigenvalue weighted by Crippen LogP contribution is -2.37. The minimum Gasteiger partial charge on any atom is -0.481 e. The minimum atomic E-state index is -1.02. The largest absolute Gasteiger partial charge is 0.481 e. The van der Waals surface area contributed by atoms with Gasteiger partial charge in [-0.25, -0.2) is 4.79 Å². The van der Waals surface area contributed by atoms with E-state index in [-0.39, 0.29) is 23.9 Å². The molecule has 7 nitrogen and oxygen atoms in total. The van der Waals surface area contributed by atoms with Crippen molar-refractivity contribution in [1.29, 1.82) is 0 Å². The number of hydrogen-bond acceptors (Lipinski definition) is 7. The van der Waals surface area contributed by atoms with Crippen LogP contribution in [0, 0.1) is 0 Å². The molecule has 1 heterocycles. The molecule has 0 amide bonds. The van der Waals surface area contributed by atoms with Gasteiger partial charge in [0.25, 0.3) is 0 Å². The number of Topliss-reactive ketones (excluding diaryl/α,β-unsaturated/α-hetero) is 1. The highest BCUT2D eigenvalue weighted by Gasteiger charge is 2.26. The number of likely N-dealkylation sites (tertiary alicyclic amines) is 1. The van der Waals surface area contributed by atoms with Crippen molar-refractivity contribution in [2.24, 2.45) is 5.73 Å². The van der Waals surface area contributed by atoms with Crippen LogP contribution >= 0.6 is 33.2 Å². The van der Waals surface area contributed by atoms with Gasteiger partial charge in [-0.3, -0.25) is 14.5 Å². The van der Waals surface area contributed by atoms with E-state index in [1.165, 1.54) is 27.7 Å². The maximum atomic E-state index is 11.9. The lowest BCUT2D eigenvalue weighted by atomic mass is 10.0. The third-order valence-electron chi connectivity index (χ3n) is 4.62. The normalized spacial score (nSPS) is 19.5. The van der Waals surface area contributed by atoms with E-state index in [4.69, 9.17) is 22.4 Å². The standard InChI is InChI=1S/C20H25ClN2O5S2/c21-15-4-2-1-3-13(15)10-23-8-7-18(14(11-23)9-20(27)28)30-29-12-16(22)17(24)5-6-19(25)26/h1-4,9,16,18H,5-8,10-12,22H2,(H,25,26)(H,27,28)/b14-9-. The number of benzene rings is 1. The molecule has 2 rings (SSSR count). The summed E-state index contributed by atoms with van der Waals surface area (Å²) in [5.74, 6) is -1.93. The number of halogens is 1. The SMILES string of the molecule is NC(CSSC1CCN(Cc2ccccc2Cl)C/C1=C/C(=O)O)C(=O)CCC(=O)O. The molecular formula is C20H25ClN2O5S2. The first kappa shape index (κ1) is 24.7. The second kappa shape index (κ2) is 12.4. The summed E-state index contributed by atoms with van der Waals surface area (Å²) in [7, 11) is 2.93. The smallest absolute Gasteiger partial charge is 0.328 e. The van der Waals surface area contributed by atoms with E-state index in [9.17, 15) is 19.5 Å². The van der Waals surface area contributed by atoms with Crippen molar-refractivity contribution < 1.29 is 24.6 Å². The fourth-order valence-electron chi connectivity index (χ4n) is 3.04. The van der Waals surface area contributed by atoms with Crippen LogP contribution in [0.4, 0.5) is 0 Å². The summed E-state index contributed by atoms with van der Waals surface area (Å²) in [6.07, 6.45) is 1.73. The Morgan fingerprint density at radius 1 is 1.27 bits per heavy atom. The molecule has 1 aliphatic heterocycles. The Labute approximate surface area is 188 Å². The molecule has 4 N–H and O–H groups in total. The number of nitrogens with zero attached hydrogens (tertiary/aromatic N) is 1. The Morgan fingerprint density at radius 2 is 2.00 bits per heavy atom. The quantitative estimate of drug-likeness (QED) is 0.329. The Bertz CT molecular complexity index is 805. The Morgan fingerprint density at radius 3 is 2.67 bits per heavy atom. The minimum absolute atomic E-state index is 0.00918. The summed E-state index contributed by atoms with van der Waals surface area (Å²) in [6, 6.07) is 6.87. The first-order valence-corrected chi connectivity index (χ1v) is 12.2. The molecule has 0 aliphatic carbocycles. The highest BCUT2D eigenvalue weighted by atomic mass is 35.5. The van der Waals surface area contributed by atoms with Crippen molar-refractivity contribution in [1.82, 2.24) is 4.90 Å². The first-order valence-electron chi connectivity index (χ1n) is 9.43. The summed E-state index contributed by atoms with van der Waals surface area (Å²) in [5, 5.41) is 18.6. The van der Waals surface area contributed by atoms with Gasteiger partial charge in [-0.05, 0) is 23.6 Å². The van der Waals surface area contributed by atoms with Crippen LogP contribution in [-0.4, -0.2) is 63.0 Å². The first-order chi connectivity index (χ1) is 14.3. The predicted molar refractivity (Wildman–Crippen MR) is 121 cm³/mol. The lowest BCUT2D eigenvalue weighted by Gasteiger charge is -2.34. The molecule has 30 heavy (non-hydrogen) atoms. The monoisotopic (exact) mass is 472 g/mol. The lowest BCUT2D eigenvalue weighted by molar-refractivity contribution is -0.138. The molecule has 0 radical (unpaired) electrons. The number of aliphatic carboxylic acids is 2. The summed E-state index contributed by atoms with van der Waals surface area (Å²) in [4.78, 5) is 35.9. The van der Waals surface area contributed by atoms with Crippen LogP contribution < -0.4 is 5.73 Å². The molecule has 0 bridgehead atoms. The van der Waals surface area contributed by atoms with Gasteiger partial charge in [0.05, 0.1) is 12.5 Å². The number of ketones is 1. The summed E-state index contributed by atoms with van der Waals surface area (Å²) in [6.45, 7) is 1.97. The Hall–Kier alpha value is -1.52. The molecule has 0 aromatic heterocycles. The number of rotatable bonds is 11. The van der Waals surface area contributed by atoms with Crippen LogP contribution in [0.25, 0.3) is 0 Å². The van der Waals surface area contributed by atoms with Crippen LogP contribution in [0.1, 0.15) is 24.8 Å². The Kier molecular flexibility index (Phi) is 10.2. The van der Waals surface area contributed by atoms with Gasteiger partial charge in [-0.1, -0.05) is 51.4 Å². The summed E-state index contributed by atoms with van der Waals surface area (Å²) < 4.78 is 0. The molecule has 1 aliphatic rings. The predicted octanol–water partition coefficient (Wildman–Crippen LogP) is 3.07. The number of hydrogen-bond donors (Lipinski definition) is 3. The van der Waals surface area contributed by atoms with Crippen molar-refractivity contribution in [2.45, 2.75) is 37.1 Å². The van der Waals surface area contributed by atoms with Crippen LogP contribution in [0.3, 0.4) is 0 Å². The third-order valence-corrected chi connectivity index (χ3v) is 7.90. The molecule has 1 fully saturated rings. The fraction of sp³-hybridized carbons (Fsp3) is 0.450. The third kappa shape index (κ3) is 8.31. The zero-order valence-corrected chi connectivity index (χ0v) is 18.7. The van der Waals surface area contributed by atoms with Crippen LogP contribution in [0.5, 0.6) is 0 Å². The van der Waals surface area contributed by atoms with Crippen LogP contribution in [0.15, 0.2) is 35.9 Å². The number of carboxylic acids is 2. The van der Waals surface area contributed by atoms with Crippen LogP contribution in [-0.2, 0) is 20.9 Å². The summed E-state index contributed by atoms with van der Waals surface area (Å²) >= 11 is 6.24. The number of carbonyl (C=O) groups excluding carboxylic acids is 1. The molecule has 0 spiro atoms. The topological polar surface area (TPSA) is 121 Å². The highest BCUT2D eigenvalue weighted by molar-refractivity contribution is 8.77. The molecule has 164 valence electrons. The maximum Gasteiger partial charge on any atom is 0.328 e. The van der Waals surface area contributed by atoms with Gasteiger partial charge in [-0.15, -0.1) is 0 Å². The van der Waals surface area contributed by atoms with E-state index < -0.39 is 18.0 Å². The molecule has 2 atom stereocenters. The average molecular weight is 473 g/mol. The summed E-state index contributed by atoms with van der Waals surface area (Å²) in [5.41, 5.74) is 7.66. The molecule has 2 unspecified atom stereocenters. The molecule has 10 heteroatoms. The van der Waals surface area contributed by atoms with E-state index >= 15 is 0 Å². The van der Waals surface area contributed by atoms with Gasteiger partial charge in [-0.2, -0.15) is 0 Å². The van der Waals surface area contributed by atoms with Crippen LogP contribution in [0.2, 0.25) is 5.02 Å². The van der Waals surface area contributed by atoms with E-state index in [1.54, 1.807) is 0 Å². The molecule has 1 aromatic carbocycles. The van der Waals surface area contributed by atoms with Crippen molar-refractivity contribution in [2.75, 3.05) is 18.8 Å². The second-order valence-electron chi connectivity index (χ2n) is 6.98. The van der Waals surface area contributed by atoms with Gasteiger partial charge >= 0.3 is 11.9 Å². The van der Waals surface area contributed by atoms with Gasteiger partial charge in [0, 0.05) is 48.2 Å². The van der Waals surface area contributed by atoms with Crippen molar-refractivity contribution in [3.05, 3.63) is 46.5 Å². The number of nitrogens with two attached hydrogens (primary N) is 1. The number of carboxylic acid groups (broad SMARTS) is 2. The van der Waals surface area contributed by atoms with Crippen molar-refractivity contribution in [3.8, 4) is 0 Å². The number of piperidine rings is 1. The molecule has 1 saturated heterocycles. The zero-order chi connectivity index (χ0) is 22.1. The molecule has 1 aromatic rings. The number of carbonyl (C=O) groups is 3. The van der Waals surface area contributed by atoms with E-state index in [0.29, 0.717) is 23.9 Å². The fourth-order valence-corrected chi connectivity index (χ4v) is 6.10. The molecular weight excluding hydrogens is 448 g/mol.